The van der Waals surface area contributed by atoms with Crippen LogP contribution in [0.2, 0.25) is 0 Å². The second-order valence-corrected chi connectivity index (χ2v) is 6.63. The predicted molar refractivity (Wildman–Crippen MR) is 83.9 cm³/mol. The molecule has 3 rings (SSSR count). The molecule has 2 atom stereocenters. The lowest BCUT2D eigenvalue weighted by Crippen LogP contribution is -2.41. The van der Waals surface area contributed by atoms with Gasteiger partial charge in [-0.3, -0.25) is 4.90 Å². The number of fused-ring (bicyclic) bond motifs is 1. The van der Waals surface area contributed by atoms with Gasteiger partial charge in [0.25, 0.3) is 0 Å². The van der Waals surface area contributed by atoms with Crippen LogP contribution in [0, 0.1) is 11.8 Å². The molecule has 1 aromatic heterocycles. The van der Waals surface area contributed by atoms with Crippen LogP contribution in [-0.4, -0.2) is 47.0 Å². The number of likely N-dealkylation sites (tertiary alicyclic amines) is 1. The van der Waals surface area contributed by atoms with Gasteiger partial charge >= 0.3 is 0 Å². The van der Waals surface area contributed by atoms with Crippen LogP contribution < -0.4 is 10.6 Å². The summed E-state index contributed by atoms with van der Waals surface area (Å²) in [6.45, 7) is 3.13. The van der Waals surface area contributed by atoms with Gasteiger partial charge < -0.3 is 10.6 Å². The van der Waals surface area contributed by atoms with E-state index in [9.17, 15) is 0 Å². The smallest absolute Gasteiger partial charge is 0.229 e. The second kappa shape index (κ2) is 6.13. The van der Waals surface area contributed by atoms with Gasteiger partial charge in [-0.2, -0.15) is 15.0 Å². The maximum Gasteiger partial charge on any atom is 0.229 e. The van der Waals surface area contributed by atoms with Gasteiger partial charge in [-0.25, -0.2) is 0 Å². The lowest BCUT2D eigenvalue weighted by atomic mass is 9.75. The highest BCUT2D eigenvalue weighted by Gasteiger charge is 2.31. The Bertz CT molecular complexity index is 489. The zero-order chi connectivity index (χ0) is 14.8. The van der Waals surface area contributed by atoms with E-state index in [0.29, 0.717) is 11.9 Å². The summed E-state index contributed by atoms with van der Waals surface area (Å²) in [6, 6.07) is 0. The van der Waals surface area contributed by atoms with Gasteiger partial charge in [0.2, 0.25) is 11.9 Å². The molecule has 0 aromatic carbocycles. The molecule has 0 amide bonds. The molecule has 2 N–H and O–H groups in total. The van der Waals surface area contributed by atoms with Crippen LogP contribution in [0.15, 0.2) is 0 Å². The molecule has 2 aliphatic rings. The Morgan fingerprint density at radius 1 is 1.10 bits per heavy atom. The Morgan fingerprint density at radius 2 is 1.86 bits per heavy atom. The Hall–Kier alpha value is -1.43. The number of rotatable bonds is 3. The van der Waals surface area contributed by atoms with Crippen molar-refractivity contribution in [2.45, 2.75) is 38.6 Å². The van der Waals surface area contributed by atoms with E-state index in [1.54, 1.807) is 0 Å². The van der Waals surface area contributed by atoms with Gasteiger partial charge in [0, 0.05) is 20.6 Å². The van der Waals surface area contributed by atoms with Crippen molar-refractivity contribution in [2.24, 2.45) is 11.8 Å². The van der Waals surface area contributed by atoms with E-state index in [-0.39, 0.29) is 0 Å². The second-order valence-electron chi connectivity index (χ2n) is 6.63. The highest BCUT2D eigenvalue weighted by atomic mass is 15.3. The maximum absolute atomic E-state index is 5.80. The first kappa shape index (κ1) is 14.5. The summed E-state index contributed by atoms with van der Waals surface area (Å²) in [4.78, 5) is 17.3. The molecule has 21 heavy (non-hydrogen) atoms. The first-order valence-corrected chi connectivity index (χ1v) is 8.02. The molecule has 1 aliphatic carbocycles. The maximum atomic E-state index is 5.80. The molecule has 6 heteroatoms. The van der Waals surface area contributed by atoms with Gasteiger partial charge in [0.05, 0.1) is 6.54 Å². The highest BCUT2D eigenvalue weighted by Crippen LogP contribution is 2.36. The zero-order valence-corrected chi connectivity index (χ0v) is 13.1. The van der Waals surface area contributed by atoms with E-state index < -0.39 is 0 Å². The van der Waals surface area contributed by atoms with Crippen LogP contribution in [-0.2, 0) is 6.54 Å². The molecule has 2 heterocycles. The van der Waals surface area contributed by atoms with Gasteiger partial charge in [-0.1, -0.05) is 19.3 Å². The quantitative estimate of drug-likeness (QED) is 0.910. The molecule has 0 unspecified atom stereocenters. The highest BCUT2D eigenvalue weighted by molar-refractivity contribution is 5.32. The Kier molecular flexibility index (Phi) is 4.24. The molecule has 0 radical (unpaired) electrons. The summed E-state index contributed by atoms with van der Waals surface area (Å²) < 4.78 is 0. The third-order valence-electron chi connectivity index (χ3n) is 4.83. The van der Waals surface area contributed by atoms with Crippen LogP contribution in [0.5, 0.6) is 0 Å². The predicted octanol–water partition coefficient (Wildman–Crippen LogP) is 1.53. The molecule has 1 saturated carbocycles. The fraction of sp³-hybridized carbons (Fsp3) is 0.800. The van der Waals surface area contributed by atoms with Crippen molar-refractivity contribution in [2.75, 3.05) is 37.8 Å². The number of hydrogen-bond donors (Lipinski definition) is 1. The minimum Gasteiger partial charge on any atom is -0.368 e. The minimum atomic E-state index is 0.316. The first-order valence-electron chi connectivity index (χ1n) is 8.02. The number of aromatic nitrogens is 3. The zero-order valence-electron chi connectivity index (χ0n) is 13.1. The van der Waals surface area contributed by atoms with Crippen LogP contribution in [0.3, 0.4) is 0 Å². The topological polar surface area (TPSA) is 71.2 Å². The number of nitrogens with zero attached hydrogens (tertiary/aromatic N) is 5. The average molecular weight is 290 g/mol. The molecular formula is C15H26N6. The van der Waals surface area contributed by atoms with Gasteiger partial charge in [-0.15, -0.1) is 0 Å². The lowest BCUT2D eigenvalue weighted by Gasteiger charge is -2.41. The van der Waals surface area contributed by atoms with Gasteiger partial charge in [-0.05, 0) is 31.2 Å². The SMILES string of the molecule is CN(C)c1nc(N)nc(CN2CC[C@@H]3CCCC[C@@H]3C2)n1. The number of nitrogens with two attached hydrogens (primary N) is 1. The molecule has 2 fully saturated rings. The summed E-state index contributed by atoms with van der Waals surface area (Å²) in [5.74, 6) is 3.58. The monoisotopic (exact) mass is 290 g/mol. The van der Waals surface area contributed by atoms with E-state index in [1.807, 2.05) is 19.0 Å². The molecule has 0 bridgehead atoms. The fourth-order valence-electron chi connectivity index (χ4n) is 3.72. The third-order valence-corrected chi connectivity index (χ3v) is 4.83. The van der Waals surface area contributed by atoms with Crippen molar-refractivity contribution >= 4 is 11.9 Å². The minimum absolute atomic E-state index is 0.316. The largest absolute Gasteiger partial charge is 0.368 e. The number of anilines is 2. The van der Waals surface area contributed by atoms with Crippen LogP contribution in [0.4, 0.5) is 11.9 Å². The molecular weight excluding hydrogens is 264 g/mol. The number of hydrogen-bond acceptors (Lipinski definition) is 6. The van der Waals surface area contributed by atoms with Gasteiger partial charge in [0.15, 0.2) is 0 Å². The Balaban J connectivity index is 1.66. The van der Waals surface area contributed by atoms with Crippen molar-refractivity contribution < 1.29 is 0 Å². The van der Waals surface area contributed by atoms with Crippen molar-refractivity contribution in [3.8, 4) is 0 Å². The molecule has 116 valence electrons. The van der Waals surface area contributed by atoms with E-state index in [0.717, 1.165) is 30.7 Å². The summed E-state index contributed by atoms with van der Waals surface area (Å²) in [7, 11) is 3.85. The van der Waals surface area contributed by atoms with Crippen molar-refractivity contribution in [3.05, 3.63) is 5.82 Å². The third kappa shape index (κ3) is 3.43. The number of piperidine rings is 1. The van der Waals surface area contributed by atoms with Crippen LogP contribution in [0.25, 0.3) is 0 Å². The molecule has 1 saturated heterocycles. The lowest BCUT2D eigenvalue weighted by molar-refractivity contribution is 0.0803. The fourth-order valence-corrected chi connectivity index (χ4v) is 3.72. The summed E-state index contributed by atoms with van der Waals surface area (Å²) >= 11 is 0. The van der Waals surface area contributed by atoms with Crippen LogP contribution >= 0.6 is 0 Å². The Labute approximate surface area is 126 Å². The van der Waals surface area contributed by atoms with Crippen molar-refractivity contribution in [3.63, 3.8) is 0 Å². The van der Waals surface area contributed by atoms with E-state index in [2.05, 4.69) is 19.9 Å². The van der Waals surface area contributed by atoms with E-state index in [1.165, 1.54) is 38.6 Å². The summed E-state index contributed by atoms with van der Waals surface area (Å²) in [5, 5.41) is 0. The van der Waals surface area contributed by atoms with Crippen molar-refractivity contribution in [1.29, 1.82) is 0 Å². The standard InChI is InChI=1S/C15H26N6/c1-20(2)15-18-13(17-14(16)19-15)10-21-8-7-11-5-3-4-6-12(11)9-21/h11-12H,3-10H2,1-2H3,(H2,16,17,18,19)/t11-,12+/m0/s1. The van der Waals surface area contributed by atoms with E-state index in [4.69, 9.17) is 5.73 Å². The normalized spacial score (nSPS) is 26.4. The Morgan fingerprint density at radius 3 is 2.62 bits per heavy atom. The summed E-state index contributed by atoms with van der Waals surface area (Å²) in [6.07, 6.45) is 6.98. The van der Waals surface area contributed by atoms with Gasteiger partial charge in [0.1, 0.15) is 5.82 Å². The molecule has 0 spiro atoms. The van der Waals surface area contributed by atoms with Crippen LogP contribution in [0.1, 0.15) is 37.9 Å². The molecule has 1 aromatic rings. The van der Waals surface area contributed by atoms with Crippen molar-refractivity contribution in [1.82, 2.24) is 19.9 Å². The summed E-state index contributed by atoms with van der Waals surface area (Å²) in [5.41, 5.74) is 5.80. The number of nitrogen functional groups attached to an aromatic ring is 1. The molecule has 6 nitrogen and oxygen atoms in total. The van der Waals surface area contributed by atoms with E-state index >= 15 is 0 Å². The molecule has 1 aliphatic heterocycles. The average Bonchev–Trinajstić information content (AvgIpc) is 2.46. The first-order chi connectivity index (χ1) is 10.1.